The summed E-state index contributed by atoms with van der Waals surface area (Å²) in [6.45, 7) is 4.20. The number of carbonyl (C=O) groups is 2. The Hall–Kier alpha value is -2.30. The van der Waals surface area contributed by atoms with Gasteiger partial charge in [-0.25, -0.2) is 4.79 Å². The second-order valence-corrected chi connectivity index (χ2v) is 5.37. The number of carbonyl (C=O) groups excluding carboxylic acids is 1. The molecule has 0 radical (unpaired) electrons. The summed E-state index contributed by atoms with van der Waals surface area (Å²) in [6.07, 6.45) is 3.90. The van der Waals surface area contributed by atoms with Gasteiger partial charge < -0.3 is 15.2 Å². The molecule has 21 heavy (non-hydrogen) atoms. The van der Waals surface area contributed by atoms with Gasteiger partial charge in [-0.05, 0) is 35.3 Å². The van der Waals surface area contributed by atoms with E-state index in [9.17, 15) is 9.59 Å². The molecule has 0 aromatic heterocycles. The molecule has 5 heteroatoms. The molecule has 1 aromatic carbocycles. The van der Waals surface area contributed by atoms with Crippen LogP contribution in [0.5, 0.6) is 5.75 Å². The molecule has 1 aromatic rings. The molecule has 1 heterocycles. The van der Waals surface area contributed by atoms with Gasteiger partial charge in [-0.15, -0.1) is 0 Å². The van der Waals surface area contributed by atoms with E-state index < -0.39 is 17.9 Å². The summed E-state index contributed by atoms with van der Waals surface area (Å²) in [4.78, 5) is 22.8. The highest BCUT2D eigenvalue weighted by molar-refractivity contribution is 5.94. The normalized spacial score (nSPS) is 14.8. The molecule has 1 aliphatic rings. The SMILES string of the molecule is CC(C)C(NC(=O)/C=C/c1ccc2c(c1)CCO2)C(=O)O. The van der Waals surface area contributed by atoms with Crippen LogP contribution in [0.2, 0.25) is 0 Å². The molecule has 1 aliphatic heterocycles. The molecule has 0 aliphatic carbocycles. The van der Waals surface area contributed by atoms with Crippen LogP contribution in [0, 0.1) is 5.92 Å². The maximum absolute atomic E-state index is 11.8. The molecule has 5 nitrogen and oxygen atoms in total. The zero-order valence-electron chi connectivity index (χ0n) is 12.1. The summed E-state index contributed by atoms with van der Waals surface area (Å²) in [6, 6.07) is 4.85. The minimum absolute atomic E-state index is 0.169. The van der Waals surface area contributed by atoms with E-state index in [1.807, 2.05) is 18.2 Å². The first-order valence-electron chi connectivity index (χ1n) is 6.94. The van der Waals surface area contributed by atoms with Crippen molar-refractivity contribution in [3.63, 3.8) is 0 Å². The van der Waals surface area contributed by atoms with Crippen LogP contribution in [0.1, 0.15) is 25.0 Å². The molecular weight excluding hydrogens is 270 g/mol. The number of aliphatic carboxylic acids is 1. The summed E-state index contributed by atoms with van der Waals surface area (Å²) < 4.78 is 5.42. The first-order chi connectivity index (χ1) is 9.97. The Kier molecular flexibility index (Phi) is 4.62. The first kappa shape index (κ1) is 15.1. The maximum atomic E-state index is 11.8. The number of rotatable bonds is 5. The highest BCUT2D eigenvalue weighted by atomic mass is 16.5. The van der Waals surface area contributed by atoms with Gasteiger partial charge >= 0.3 is 5.97 Å². The van der Waals surface area contributed by atoms with Gasteiger partial charge in [0.25, 0.3) is 0 Å². The van der Waals surface area contributed by atoms with Crippen molar-refractivity contribution in [1.29, 1.82) is 0 Å². The molecule has 0 saturated heterocycles. The van der Waals surface area contributed by atoms with Crippen molar-refractivity contribution >= 4 is 18.0 Å². The van der Waals surface area contributed by atoms with Crippen LogP contribution in [0.15, 0.2) is 24.3 Å². The van der Waals surface area contributed by atoms with E-state index in [1.165, 1.54) is 6.08 Å². The number of hydrogen-bond acceptors (Lipinski definition) is 3. The van der Waals surface area contributed by atoms with E-state index in [0.717, 1.165) is 23.3 Å². The minimum Gasteiger partial charge on any atom is -0.493 e. The second kappa shape index (κ2) is 6.43. The van der Waals surface area contributed by atoms with Crippen LogP contribution in [0.25, 0.3) is 6.08 Å². The first-order valence-corrected chi connectivity index (χ1v) is 6.94. The van der Waals surface area contributed by atoms with Gasteiger partial charge in [0, 0.05) is 12.5 Å². The number of benzene rings is 1. The van der Waals surface area contributed by atoms with Crippen molar-refractivity contribution < 1.29 is 19.4 Å². The number of carboxylic acid groups (broad SMARTS) is 1. The third kappa shape index (κ3) is 3.84. The molecule has 2 rings (SSSR count). The molecule has 0 fully saturated rings. The summed E-state index contributed by atoms with van der Waals surface area (Å²) in [7, 11) is 0. The van der Waals surface area contributed by atoms with Crippen LogP contribution < -0.4 is 10.1 Å². The smallest absolute Gasteiger partial charge is 0.326 e. The van der Waals surface area contributed by atoms with Crippen LogP contribution in [-0.2, 0) is 16.0 Å². The average Bonchev–Trinajstić information content (AvgIpc) is 2.89. The fraction of sp³-hybridized carbons (Fsp3) is 0.375. The van der Waals surface area contributed by atoms with E-state index in [4.69, 9.17) is 9.84 Å². The Bertz CT molecular complexity index is 578. The van der Waals surface area contributed by atoms with E-state index >= 15 is 0 Å². The molecule has 0 spiro atoms. The lowest BCUT2D eigenvalue weighted by Gasteiger charge is -2.16. The molecule has 0 bridgehead atoms. The maximum Gasteiger partial charge on any atom is 0.326 e. The molecule has 1 atom stereocenters. The minimum atomic E-state index is -1.03. The van der Waals surface area contributed by atoms with Crippen molar-refractivity contribution in [3.8, 4) is 5.75 Å². The second-order valence-electron chi connectivity index (χ2n) is 5.37. The molecule has 112 valence electrons. The lowest BCUT2D eigenvalue weighted by molar-refractivity contribution is -0.142. The summed E-state index contributed by atoms with van der Waals surface area (Å²) in [5.74, 6) is -0.714. The summed E-state index contributed by atoms with van der Waals surface area (Å²) in [5, 5.41) is 11.5. The molecule has 0 saturated carbocycles. The Balaban J connectivity index is 2.00. The van der Waals surface area contributed by atoms with Crippen molar-refractivity contribution in [2.45, 2.75) is 26.3 Å². The van der Waals surface area contributed by atoms with Gasteiger partial charge in [0.2, 0.25) is 5.91 Å². The molecular formula is C16H19NO4. The third-order valence-corrected chi connectivity index (χ3v) is 3.37. The van der Waals surface area contributed by atoms with E-state index in [0.29, 0.717) is 6.61 Å². The zero-order valence-corrected chi connectivity index (χ0v) is 12.1. The van der Waals surface area contributed by atoms with E-state index in [-0.39, 0.29) is 5.92 Å². The standard InChI is InChI=1S/C16H19NO4/c1-10(2)15(16(19)20)17-14(18)6-4-11-3-5-13-12(9-11)7-8-21-13/h3-6,9-10,15H,7-8H2,1-2H3,(H,17,18)(H,19,20)/b6-4+. The Morgan fingerprint density at radius 2 is 2.14 bits per heavy atom. The Morgan fingerprint density at radius 3 is 2.81 bits per heavy atom. The molecule has 1 unspecified atom stereocenters. The average molecular weight is 289 g/mol. The predicted molar refractivity (Wildman–Crippen MR) is 79.1 cm³/mol. The van der Waals surface area contributed by atoms with Gasteiger partial charge in [-0.3, -0.25) is 4.79 Å². The number of hydrogen-bond donors (Lipinski definition) is 2. The topological polar surface area (TPSA) is 75.6 Å². The predicted octanol–water partition coefficient (Wildman–Crippen LogP) is 1.86. The van der Waals surface area contributed by atoms with Crippen molar-refractivity contribution in [2.75, 3.05) is 6.61 Å². The summed E-state index contributed by atoms with van der Waals surface area (Å²) >= 11 is 0. The van der Waals surface area contributed by atoms with Gasteiger partial charge in [0.05, 0.1) is 6.61 Å². The van der Waals surface area contributed by atoms with Crippen molar-refractivity contribution in [3.05, 3.63) is 35.4 Å². The number of nitrogens with one attached hydrogen (secondary N) is 1. The van der Waals surface area contributed by atoms with Crippen LogP contribution in [-0.4, -0.2) is 29.6 Å². The zero-order chi connectivity index (χ0) is 15.4. The Labute approximate surface area is 123 Å². The van der Waals surface area contributed by atoms with Gasteiger partial charge in [-0.1, -0.05) is 19.9 Å². The van der Waals surface area contributed by atoms with Crippen LogP contribution >= 0.6 is 0 Å². The lowest BCUT2D eigenvalue weighted by Crippen LogP contribution is -2.43. The lowest BCUT2D eigenvalue weighted by atomic mass is 10.0. The molecule has 2 N–H and O–H groups in total. The van der Waals surface area contributed by atoms with Crippen molar-refractivity contribution in [1.82, 2.24) is 5.32 Å². The van der Waals surface area contributed by atoms with E-state index in [1.54, 1.807) is 19.9 Å². The van der Waals surface area contributed by atoms with Crippen molar-refractivity contribution in [2.24, 2.45) is 5.92 Å². The van der Waals surface area contributed by atoms with Gasteiger partial charge in [0.1, 0.15) is 11.8 Å². The van der Waals surface area contributed by atoms with Gasteiger partial charge in [-0.2, -0.15) is 0 Å². The number of carboxylic acids is 1. The van der Waals surface area contributed by atoms with Crippen LogP contribution in [0.4, 0.5) is 0 Å². The van der Waals surface area contributed by atoms with Crippen LogP contribution in [0.3, 0.4) is 0 Å². The highest BCUT2D eigenvalue weighted by Gasteiger charge is 2.22. The fourth-order valence-electron chi connectivity index (χ4n) is 2.20. The van der Waals surface area contributed by atoms with Gasteiger partial charge in [0.15, 0.2) is 0 Å². The quantitative estimate of drug-likeness (QED) is 0.811. The number of fused-ring (bicyclic) bond motifs is 1. The van der Waals surface area contributed by atoms with E-state index in [2.05, 4.69) is 5.32 Å². The monoisotopic (exact) mass is 289 g/mol. The third-order valence-electron chi connectivity index (χ3n) is 3.37. The highest BCUT2D eigenvalue weighted by Crippen LogP contribution is 2.26. The fourth-order valence-corrected chi connectivity index (χ4v) is 2.20. The molecule has 1 amide bonds. The number of amides is 1. The summed E-state index contributed by atoms with van der Waals surface area (Å²) in [5.41, 5.74) is 2.02. The largest absolute Gasteiger partial charge is 0.493 e. The Morgan fingerprint density at radius 1 is 1.38 bits per heavy atom. The number of ether oxygens (including phenoxy) is 1.